The first-order valence-electron chi connectivity index (χ1n) is 9.01. The summed E-state index contributed by atoms with van der Waals surface area (Å²) in [6.07, 6.45) is 4.45. The Morgan fingerprint density at radius 3 is 2.14 bits per heavy atom. The van der Waals surface area contributed by atoms with E-state index in [1.807, 2.05) is 19.9 Å². The molecule has 6 nitrogen and oxygen atoms in total. The van der Waals surface area contributed by atoms with Crippen LogP contribution in [0.5, 0.6) is 11.5 Å². The largest absolute Gasteiger partial charge is 0.483 e. The highest BCUT2D eigenvalue weighted by Crippen LogP contribution is 2.21. The molecule has 1 aliphatic rings. The van der Waals surface area contributed by atoms with Crippen molar-refractivity contribution in [2.75, 3.05) is 26.2 Å². The Kier molecular flexibility index (Phi) is 7.98. The zero-order valence-electron chi connectivity index (χ0n) is 16.1. The van der Waals surface area contributed by atoms with E-state index < -0.39 is 6.61 Å². The molecule has 28 heavy (non-hydrogen) atoms. The fourth-order valence-corrected chi connectivity index (χ4v) is 2.84. The van der Waals surface area contributed by atoms with Crippen molar-refractivity contribution in [3.8, 4) is 11.5 Å². The summed E-state index contributed by atoms with van der Waals surface area (Å²) in [7, 11) is 0. The first kappa shape index (κ1) is 21.4. The minimum Gasteiger partial charge on any atom is -0.483 e. The highest BCUT2D eigenvalue weighted by atomic mass is 19.3. The number of carbonyl (C=O) groups is 1. The number of halogens is 2. The van der Waals surface area contributed by atoms with E-state index in [0.717, 1.165) is 5.84 Å². The van der Waals surface area contributed by atoms with Gasteiger partial charge in [0, 0.05) is 32.4 Å². The van der Waals surface area contributed by atoms with Crippen LogP contribution in [0.4, 0.5) is 8.78 Å². The Morgan fingerprint density at radius 2 is 1.64 bits per heavy atom. The van der Waals surface area contributed by atoms with Crippen LogP contribution in [0, 0.1) is 0 Å². The van der Waals surface area contributed by atoms with E-state index in [4.69, 9.17) is 4.74 Å². The van der Waals surface area contributed by atoms with E-state index in [0.29, 0.717) is 31.9 Å². The van der Waals surface area contributed by atoms with Gasteiger partial charge in [0.25, 0.3) is 0 Å². The Bertz CT molecular complexity index is 712. The van der Waals surface area contributed by atoms with Crippen molar-refractivity contribution >= 4 is 11.7 Å². The van der Waals surface area contributed by atoms with Crippen LogP contribution in [0.1, 0.15) is 13.8 Å². The predicted molar refractivity (Wildman–Crippen MR) is 104 cm³/mol. The number of alkyl halides is 2. The SMILES string of the molecule is C=CC(=O)N1CCN(C(=N/C=C\C)C(C)Oc2ccc(OC(F)F)cc2)CC1. The molecule has 1 atom stereocenters. The number of piperazine rings is 1. The van der Waals surface area contributed by atoms with Gasteiger partial charge in [-0.3, -0.25) is 4.79 Å². The highest BCUT2D eigenvalue weighted by molar-refractivity contribution is 5.89. The number of allylic oxidation sites excluding steroid dienone is 1. The summed E-state index contributed by atoms with van der Waals surface area (Å²) < 4.78 is 34.8. The molecule has 0 aromatic heterocycles. The number of amidine groups is 1. The average Bonchev–Trinajstić information content (AvgIpc) is 2.69. The molecule has 2 rings (SSSR count). The zero-order chi connectivity index (χ0) is 20.5. The van der Waals surface area contributed by atoms with E-state index >= 15 is 0 Å². The summed E-state index contributed by atoms with van der Waals surface area (Å²) in [5, 5.41) is 0. The molecule has 0 spiro atoms. The van der Waals surface area contributed by atoms with Crippen molar-refractivity contribution in [2.45, 2.75) is 26.6 Å². The van der Waals surface area contributed by atoms with E-state index in [1.54, 1.807) is 23.2 Å². The third-order valence-corrected chi connectivity index (χ3v) is 4.17. The van der Waals surface area contributed by atoms with Crippen LogP contribution in [0.3, 0.4) is 0 Å². The van der Waals surface area contributed by atoms with E-state index in [9.17, 15) is 13.6 Å². The molecular weight excluding hydrogens is 368 g/mol. The number of nitrogens with zero attached hydrogens (tertiary/aromatic N) is 3. The van der Waals surface area contributed by atoms with Crippen LogP contribution in [-0.4, -0.2) is 60.4 Å². The molecule has 1 aliphatic heterocycles. The minimum atomic E-state index is -2.86. The van der Waals surface area contributed by atoms with Crippen molar-refractivity contribution in [1.82, 2.24) is 9.80 Å². The monoisotopic (exact) mass is 393 g/mol. The molecule has 0 radical (unpaired) electrons. The molecule has 1 aromatic carbocycles. The lowest BCUT2D eigenvalue weighted by Crippen LogP contribution is -2.53. The molecule has 1 amide bonds. The first-order valence-corrected chi connectivity index (χ1v) is 9.01. The Morgan fingerprint density at radius 1 is 1.11 bits per heavy atom. The molecule has 1 fully saturated rings. The van der Waals surface area contributed by atoms with Gasteiger partial charge in [-0.2, -0.15) is 8.78 Å². The van der Waals surface area contributed by atoms with Gasteiger partial charge in [-0.1, -0.05) is 12.7 Å². The molecule has 1 saturated heterocycles. The van der Waals surface area contributed by atoms with Crippen LogP contribution in [-0.2, 0) is 4.79 Å². The second-order valence-electron chi connectivity index (χ2n) is 6.10. The molecule has 0 N–H and O–H groups in total. The number of hydrogen-bond acceptors (Lipinski definition) is 4. The third kappa shape index (κ3) is 6.07. The first-order chi connectivity index (χ1) is 13.4. The van der Waals surface area contributed by atoms with Gasteiger partial charge in [0.2, 0.25) is 5.91 Å². The van der Waals surface area contributed by atoms with Gasteiger partial charge in [0.05, 0.1) is 0 Å². The number of amides is 1. The summed E-state index contributed by atoms with van der Waals surface area (Å²) in [6.45, 7) is 6.80. The smallest absolute Gasteiger partial charge is 0.387 e. The lowest BCUT2D eigenvalue weighted by Gasteiger charge is -2.37. The lowest BCUT2D eigenvalue weighted by atomic mass is 10.2. The van der Waals surface area contributed by atoms with E-state index in [2.05, 4.69) is 21.2 Å². The summed E-state index contributed by atoms with van der Waals surface area (Å²) in [5.41, 5.74) is 0. The Hall–Kier alpha value is -2.90. The number of aliphatic imine (C=N–C) groups is 1. The average molecular weight is 393 g/mol. The maximum absolute atomic E-state index is 12.3. The van der Waals surface area contributed by atoms with Gasteiger partial charge in [0.1, 0.15) is 17.3 Å². The van der Waals surface area contributed by atoms with Gasteiger partial charge in [-0.05, 0) is 44.2 Å². The molecular formula is C20H25F2N3O3. The van der Waals surface area contributed by atoms with Crippen molar-refractivity contribution in [3.05, 3.63) is 49.2 Å². The second-order valence-corrected chi connectivity index (χ2v) is 6.10. The van der Waals surface area contributed by atoms with Gasteiger partial charge >= 0.3 is 6.61 Å². The van der Waals surface area contributed by atoms with Crippen LogP contribution in [0.2, 0.25) is 0 Å². The van der Waals surface area contributed by atoms with Gasteiger partial charge in [-0.25, -0.2) is 4.99 Å². The number of rotatable bonds is 7. The topological polar surface area (TPSA) is 54.4 Å². The number of benzene rings is 1. The fourth-order valence-electron chi connectivity index (χ4n) is 2.84. The maximum Gasteiger partial charge on any atom is 0.387 e. The van der Waals surface area contributed by atoms with Gasteiger partial charge in [0.15, 0.2) is 6.10 Å². The maximum atomic E-state index is 12.3. The van der Waals surface area contributed by atoms with Crippen LogP contribution in [0.15, 0.2) is 54.2 Å². The standard InChI is InChI=1S/C20H25F2N3O3/c1-4-10-23-19(25-13-11-24(12-14-25)18(26)5-2)15(3)27-16-6-8-17(9-7-16)28-20(21)22/h4-10,15,20H,2,11-14H2,1,3H3/b10-4-,23-19?. The summed E-state index contributed by atoms with van der Waals surface area (Å²) >= 11 is 0. The molecule has 0 aliphatic carbocycles. The van der Waals surface area contributed by atoms with Crippen molar-refractivity contribution in [1.29, 1.82) is 0 Å². The minimum absolute atomic E-state index is 0.0702. The molecule has 1 aromatic rings. The van der Waals surface area contributed by atoms with E-state index in [1.165, 1.54) is 18.2 Å². The molecule has 0 bridgehead atoms. The zero-order valence-corrected chi connectivity index (χ0v) is 16.1. The number of ether oxygens (including phenoxy) is 2. The predicted octanol–water partition coefficient (Wildman–Crippen LogP) is 3.32. The second kappa shape index (κ2) is 10.4. The summed E-state index contributed by atoms with van der Waals surface area (Å²) in [6, 6.07) is 6.00. The molecule has 0 saturated carbocycles. The quantitative estimate of drug-likeness (QED) is 0.405. The van der Waals surface area contributed by atoms with Crippen LogP contribution in [0.25, 0.3) is 0 Å². The molecule has 8 heteroatoms. The molecule has 152 valence electrons. The molecule has 1 heterocycles. The number of hydrogen-bond donors (Lipinski definition) is 0. The Labute approximate surface area is 163 Å². The van der Waals surface area contributed by atoms with Crippen molar-refractivity contribution in [2.24, 2.45) is 4.99 Å². The fraction of sp³-hybridized carbons (Fsp3) is 0.400. The van der Waals surface area contributed by atoms with Gasteiger partial charge in [-0.15, -0.1) is 0 Å². The highest BCUT2D eigenvalue weighted by Gasteiger charge is 2.25. The Balaban J connectivity index is 2.04. The van der Waals surface area contributed by atoms with Crippen molar-refractivity contribution < 1.29 is 23.0 Å². The summed E-state index contributed by atoms with van der Waals surface area (Å²) in [5.74, 6) is 1.24. The van der Waals surface area contributed by atoms with Gasteiger partial charge < -0.3 is 19.3 Å². The normalized spacial score (nSPS) is 16.4. The molecule has 1 unspecified atom stereocenters. The van der Waals surface area contributed by atoms with Crippen LogP contribution >= 0.6 is 0 Å². The lowest BCUT2D eigenvalue weighted by molar-refractivity contribution is -0.127. The van der Waals surface area contributed by atoms with Crippen molar-refractivity contribution in [3.63, 3.8) is 0 Å². The number of carbonyl (C=O) groups excluding carboxylic acids is 1. The summed E-state index contributed by atoms with van der Waals surface area (Å²) in [4.78, 5) is 20.1. The van der Waals surface area contributed by atoms with Crippen LogP contribution < -0.4 is 9.47 Å². The third-order valence-electron chi connectivity index (χ3n) is 4.17. The van der Waals surface area contributed by atoms with E-state index in [-0.39, 0.29) is 17.8 Å².